The Morgan fingerprint density at radius 3 is 2.22 bits per heavy atom. The first-order valence-corrected chi connectivity index (χ1v) is 8.20. The van der Waals surface area contributed by atoms with Crippen LogP contribution in [0.15, 0.2) is 40.9 Å². The topological polar surface area (TPSA) is 3.24 Å². The molecule has 0 aliphatic carbocycles. The molecule has 0 radical (unpaired) electrons. The van der Waals surface area contributed by atoms with Crippen molar-refractivity contribution in [1.29, 1.82) is 0 Å². The molecular formula is C16H13BrCl2F3N. The summed E-state index contributed by atoms with van der Waals surface area (Å²) in [6.45, 7) is 1.90. The van der Waals surface area contributed by atoms with E-state index in [0.29, 0.717) is 10.7 Å². The second kappa shape index (κ2) is 6.91. The van der Waals surface area contributed by atoms with Crippen LogP contribution in [0.25, 0.3) is 0 Å². The maximum absolute atomic E-state index is 13.0. The summed E-state index contributed by atoms with van der Waals surface area (Å²) in [4.78, 5) is 1.75. The van der Waals surface area contributed by atoms with Gasteiger partial charge in [-0.15, -0.1) is 0 Å². The van der Waals surface area contributed by atoms with Crippen molar-refractivity contribution in [2.45, 2.75) is 19.1 Å². The van der Waals surface area contributed by atoms with Crippen LogP contribution in [0.1, 0.15) is 24.1 Å². The van der Waals surface area contributed by atoms with Crippen LogP contribution in [0, 0.1) is 0 Å². The average molecular weight is 427 g/mol. The molecule has 2 aromatic carbocycles. The smallest absolute Gasteiger partial charge is 0.368 e. The second-order valence-corrected chi connectivity index (χ2v) is 6.79. The third-order valence-corrected chi connectivity index (χ3v) is 5.21. The first kappa shape index (κ1) is 18.4. The first-order valence-electron chi connectivity index (χ1n) is 6.66. The van der Waals surface area contributed by atoms with Crippen molar-refractivity contribution in [2.24, 2.45) is 0 Å². The average Bonchev–Trinajstić information content (AvgIpc) is 2.48. The van der Waals surface area contributed by atoms with Gasteiger partial charge in [0.05, 0.1) is 21.7 Å². The zero-order valence-corrected chi connectivity index (χ0v) is 15.4. The van der Waals surface area contributed by atoms with Crippen LogP contribution in [-0.4, -0.2) is 7.05 Å². The summed E-state index contributed by atoms with van der Waals surface area (Å²) >= 11 is 15.0. The highest BCUT2D eigenvalue weighted by Crippen LogP contribution is 2.38. The monoisotopic (exact) mass is 425 g/mol. The predicted molar refractivity (Wildman–Crippen MR) is 92.4 cm³/mol. The third kappa shape index (κ3) is 4.14. The van der Waals surface area contributed by atoms with E-state index in [1.807, 2.05) is 19.1 Å². The van der Waals surface area contributed by atoms with Gasteiger partial charge in [0.25, 0.3) is 0 Å². The lowest BCUT2D eigenvalue weighted by molar-refractivity contribution is -0.137. The van der Waals surface area contributed by atoms with Crippen molar-refractivity contribution in [1.82, 2.24) is 0 Å². The molecule has 23 heavy (non-hydrogen) atoms. The van der Waals surface area contributed by atoms with E-state index >= 15 is 0 Å². The van der Waals surface area contributed by atoms with Crippen LogP contribution in [0.2, 0.25) is 10.0 Å². The summed E-state index contributed by atoms with van der Waals surface area (Å²) in [5, 5.41) is 0.269. The molecule has 0 aliphatic rings. The number of benzene rings is 2. The zero-order chi connectivity index (χ0) is 17.4. The third-order valence-electron chi connectivity index (χ3n) is 3.67. The Labute approximate surface area is 151 Å². The summed E-state index contributed by atoms with van der Waals surface area (Å²) in [5.41, 5.74) is 0.514. The second-order valence-electron chi connectivity index (χ2n) is 5.12. The van der Waals surface area contributed by atoms with Gasteiger partial charge in [-0.2, -0.15) is 13.2 Å². The molecule has 0 saturated carbocycles. The molecule has 1 unspecified atom stereocenters. The Hall–Kier alpha value is -0.910. The van der Waals surface area contributed by atoms with Gasteiger partial charge in [0.2, 0.25) is 0 Å². The zero-order valence-electron chi connectivity index (χ0n) is 12.3. The number of halogens is 6. The first-order chi connectivity index (χ1) is 10.6. The van der Waals surface area contributed by atoms with Gasteiger partial charge >= 0.3 is 6.18 Å². The van der Waals surface area contributed by atoms with Gasteiger partial charge in [0, 0.05) is 17.2 Å². The molecule has 0 aliphatic heterocycles. The highest BCUT2D eigenvalue weighted by atomic mass is 79.9. The molecule has 2 aromatic rings. The standard InChI is InChI=1S/C16H13BrCl2F3N/c1-9(10-3-5-15(19)13(17)7-10)23(2)11-4-6-14(18)12(8-11)16(20,21)22/h3-9H,1-2H3. The van der Waals surface area contributed by atoms with Gasteiger partial charge < -0.3 is 4.90 Å². The molecule has 0 aromatic heterocycles. The maximum atomic E-state index is 13.0. The summed E-state index contributed by atoms with van der Waals surface area (Å²) in [5.74, 6) is 0. The summed E-state index contributed by atoms with van der Waals surface area (Å²) in [7, 11) is 1.73. The Bertz CT molecular complexity index is 719. The van der Waals surface area contributed by atoms with Crippen LogP contribution in [-0.2, 0) is 6.18 Å². The molecule has 7 heteroatoms. The fourth-order valence-electron chi connectivity index (χ4n) is 2.17. The van der Waals surface area contributed by atoms with Crippen molar-refractivity contribution in [2.75, 3.05) is 11.9 Å². The van der Waals surface area contributed by atoms with E-state index in [0.717, 1.165) is 16.1 Å². The van der Waals surface area contributed by atoms with Crippen LogP contribution >= 0.6 is 39.1 Å². The fraction of sp³-hybridized carbons (Fsp3) is 0.250. The maximum Gasteiger partial charge on any atom is 0.417 e. The summed E-state index contributed by atoms with van der Waals surface area (Å²) in [6, 6.07) is 9.18. The minimum Gasteiger partial charge on any atom is -0.368 e. The molecule has 2 rings (SSSR count). The van der Waals surface area contributed by atoms with Gasteiger partial charge in [-0.05, 0) is 58.7 Å². The number of anilines is 1. The lowest BCUT2D eigenvalue weighted by atomic mass is 10.1. The van der Waals surface area contributed by atoms with E-state index in [9.17, 15) is 13.2 Å². The van der Waals surface area contributed by atoms with E-state index < -0.39 is 11.7 Å². The van der Waals surface area contributed by atoms with Crippen molar-refractivity contribution >= 4 is 44.8 Å². The molecule has 0 bridgehead atoms. The molecule has 0 amide bonds. The fourth-order valence-corrected chi connectivity index (χ4v) is 2.91. The number of alkyl halides is 3. The van der Waals surface area contributed by atoms with Crippen molar-refractivity contribution in [3.05, 3.63) is 62.0 Å². The van der Waals surface area contributed by atoms with E-state index in [-0.39, 0.29) is 11.1 Å². The number of hydrogen-bond donors (Lipinski definition) is 0. The highest BCUT2D eigenvalue weighted by Gasteiger charge is 2.33. The van der Waals surface area contributed by atoms with Gasteiger partial charge in [-0.25, -0.2) is 0 Å². The SMILES string of the molecule is CC(c1ccc(Cl)c(Br)c1)N(C)c1ccc(Cl)c(C(F)(F)F)c1. The number of hydrogen-bond acceptors (Lipinski definition) is 1. The van der Waals surface area contributed by atoms with Crippen LogP contribution in [0.3, 0.4) is 0 Å². The van der Waals surface area contributed by atoms with Gasteiger partial charge in [-0.1, -0.05) is 29.3 Å². The molecule has 1 nitrogen and oxygen atoms in total. The predicted octanol–water partition coefficient (Wildman–Crippen LogP) is 6.97. The highest BCUT2D eigenvalue weighted by molar-refractivity contribution is 9.10. The summed E-state index contributed by atoms with van der Waals surface area (Å²) < 4.78 is 39.7. The van der Waals surface area contributed by atoms with Crippen molar-refractivity contribution < 1.29 is 13.2 Å². The number of rotatable bonds is 3. The normalized spacial score (nSPS) is 13.0. The van der Waals surface area contributed by atoms with Gasteiger partial charge in [-0.3, -0.25) is 0 Å². The van der Waals surface area contributed by atoms with Gasteiger partial charge in [0.1, 0.15) is 0 Å². The Morgan fingerprint density at radius 1 is 1.04 bits per heavy atom. The molecule has 124 valence electrons. The van der Waals surface area contributed by atoms with Crippen molar-refractivity contribution in [3.63, 3.8) is 0 Å². The van der Waals surface area contributed by atoms with Crippen LogP contribution in [0.5, 0.6) is 0 Å². The molecule has 0 spiro atoms. The molecular weight excluding hydrogens is 414 g/mol. The van der Waals surface area contributed by atoms with E-state index in [1.165, 1.54) is 6.07 Å². The van der Waals surface area contributed by atoms with Crippen molar-refractivity contribution in [3.8, 4) is 0 Å². The lowest BCUT2D eigenvalue weighted by Crippen LogP contribution is -2.22. The minimum absolute atomic E-state index is 0.147. The Balaban J connectivity index is 2.36. The van der Waals surface area contributed by atoms with Crippen LogP contribution in [0.4, 0.5) is 18.9 Å². The van der Waals surface area contributed by atoms with E-state index in [2.05, 4.69) is 15.9 Å². The Morgan fingerprint density at radius 2 is 1.65 bits per heavy atom. The van der Waals surface area contributed by atoms with Gasteiger partial charge in [0.15, 0.2) is 0 Å². The minimum atomic E-state index is -4.49. The Kier molecular flexibility index (Phi) is 5.54. The number of nitrogens with zero attached hydrogens (tertiary/aromatic N) is 1. The molecule has 0 fully saturated rings. The van der Waals surface area contributed by atoms with E-state index in [1.54, 1.807) is 24.1 Å². The molecule has 1 atom stereocenters. The summed E-state index contributed by atoms with van der Waals surface area (Å²) in [6.07, 6.45) is -4.49. The molecule has 0 saturated heterocycles. The van der Waals surface area contributed by atoms with E-state index in [4.69, 9.17) is 23.2 Å². The largest absolute Gasteiger partial charge is 0.417 e. The lowest BCUT2D eigenvalue weighted by Gasteiger charge is -2.28. The quantitative estimate of drug-likeness (QED) is 0.512. The molecule has 0 N–H and O–H groups in total. The molecule has 0 heterocycles. The van der Waals surface area contributed by atoms with Crippen LogP contribution < -0.4 is 4.90 Å².